The molecule has 1 N–H and O–H groups in total. The Morgan fingerprint density at radius 2 is 2.44 bits per heavy atom. The molecule has 86 valence electrons. The van der Waals surface area contributed by atoms with E-state index in [0.29, 0.717) is 11.9 Å². The molecule has 0 aromatic carbocycles. The number of esters is 1. The number of methoxy groups -OCH3 is 1. The maximum Gasteiger partial charge on any atom is 0.358 e. The van der Waals surface area contributed by atoms with Crippen molar-refractivity contribution in [2.45, 2.75) is 12.5 Å². The molecule has 1 aromatic rings. The molecule has 1 aliphatic heterocycles. The van der Waals surface area contributed by atoms with Crippen LogP contribution in [0.25, 0.3) is 0 Å². The number of nitrogens with zero attached hydrogens (tertiary/aromatic N) is 2. The average molecular weight is 239 g/mol. The maximum absolute atomic E-state index is 11.1. The van der Waals surface area contributed by atoms with Gasteiger partial charge in [-0.2, -0.15) is 11.8 Å². The zero-order chi connectivity index (χ0) is 11.4. The van der Waals surface area contributed by atoms with Crippen LogP contribution < -0.4 is 5.32 Å². The van der Waals surface area contributed by atoms with E-state index >= 15 is 0 Å². The molecule has 0 radical (unpaired) electrons. The van der Waals surface area contributed by atoms with E-state index in [1.165, 1.54) is 12.9 Å². The highest BCUT2D eigenvalue weighted by atomic mass is 32.2. The molecule has 6 heteroatoms. The lowest BCUT2D eigenvalue weighted by atomic mass is 10.2. The molecule has 0 bridgehead atoms. The molecule has 2 heterocycles. The predicted octanol–water partition coefficient (Wildman–Crippen LogP) is 1.18. The summed E-state index contributed by atoms with van der Waals surface area (Å²) < 4.78 is 4.54. The molecule has 1 atom stereocenters. The van der Waals surface area contributed by atoms with Crippen molar-refractivity contribution in [3.8, 4) is 0 Å². The molecular weight excluding hydrogens is 226 g/mol. The number of nitrogens with one attached hydrogen (secondary N) is 1. The van der Waals surface area contributed by atoms with Gasteiger partial charge in [0.25, 0.3) is 0 Å². The SMILES string of the molecule is COC(=O)c1ccc(NC2CCSC2)nn1. The third-order valence-electron chi connectivity index (χ3n) is 2.34. The first-order valence-corrected chi connectivity index (χ1v) is 6.21. The van der Waals surface area contributed by atoms with Gasteiger partial charge in [0.05, 0.1) is 7.11 Å². The number of aromatic nitrogens is 2. The number of carbonyl (C=O) groups is 1. The quantitative estimate of drug-likeness (QED) is 0.799. The van der Waals surface area contributed by atoms with Gasteiger partial charge in [-0.15, -0.1) is 10.2 Å². The molecule has 0 aliphatic carbocycles. The fourth-order valence-electron chi connectivity index (χ4n) is 1.48. The van der Waals surface area contributed by atoms with E-state index in [1.54, 1.807) is 12.1 Å². The second kappa shape index (κ2) is 5.16. The summed E-state index contributed by atoms with van der Waals surface area (Å²) in [5, 5.41) is 11.0. The Balaban J connectivity index is 1.98. The van der Waals surface area contributed by atoms with Crippen molar-refractivity contribution < 1.29 is 9.53 Å². The second-order valence-corrected chi connectivity index (χ2v) is 4.65. The molecule has 0 amide bonds. The summed E-state index contributed by atoms with van der Waals surface area (Å²) in [7, 11) is 1.33. The zero-order valence-corrected chi connectivity index (χ0v) is 9.79. The number of hydrogen-bond acceptors (Lipinski definition) is 6. The topological polar surface area (TPSA) is 64.1 Å². The molecule has 1 unspecified atom stereocenters. The van der Waals surface area contributed by atoms with Crippen LogP contribution in [0.3, 0.4) is 0 Å². The summed E-state index contributed by atoms with van der Waals surface area (Å²) in [5.41, 5.74) is 0.230. The molecule has 1 aromatic heterocycles. The van der Waals surface area contributed by atoms with Crippen LogP contribution in [0.2, 0.25) is 0 Å². The van der Waals surface area contributed by atoms with Gasteiger partial charge in [0.15, 0.2) is 5.69 Å². The number of carbonyl (C=O) groups excluding carboxylic acids is 1. The van der Waals surface area contributed by atoms with Crippen LogP contribution in [0.1, 0.15) is 16.9 Å². The normalized spacial score (nSPS) is 19.4. The summed E-state index contributed by atoms with van der Waals surface area (Å²) in [5.74, 6) is 2.53. The highest BCUT2D eigenvalue weighted by Gasteiger charge is 2.16. The monoisotopic (exact) mass is 239 g/mol. The number of anilines is 1. The number of ether oxygens (including phenoxy) is 1. The van der Waals surface area contributed by atoms with Crippen molar-refractivity contribution >= 4 is 23.5 Å². The summed E-state index contributed by atoms with van der Waals surface area (Å²) in [6.07, 6.45) is 1.14. The Bertz CT molecular complexity index is 363. The van der Waals surface area contributed by atoms with Crippen LogP contribution in [-0.4, -0.2) is 40.8 Å². The van der Waals surface area contributed by atoms with Gasteiger partial charge in [-0.3, -0.25) is 0 Å². The van der Waals surface area contributed by atoms with Crippen molar-refractivity contribution in [1.82, 2.24) is 10.2 Å². The molecule has 1 fully saturated rings. The fraction of sp³-hybridized carbons (Fsp3) is 0.500. The van der Waals surface area contributed by atoms with Gasteiger partial charge in [0.2, 0.25) is 0 Å². The fourth-order valence-corrected chi connectivity index (χ4v) is 2.63. The molecule has 0 saturated carbocycles. The zero-order valence-electron chi connectivity index (χ0n) is 8.97. The van der Waals surface area contributed by atoms with Crippen LogP contribution in [0.5, 0.6) is 0 Å². The Morgan fingerprint density at radius 3 is 3.00 bits per heavy atom. The van der Waals surface area contributed by atoms with Crippen molar-refractivity contribution in [3.63, 3.8) is 0 Å². The third-order valence-corrected chi connectivity index (χ3v) is 3.50. The van der Waals surface area contributed by atoms with Crippen LogP contribution in [-0.2, 0) is 4.74 Å². The number of thioether (sulfide) groups is 1. The van der Waals surface area contributed by atoms with Crippen LogP contribution in [0, 0.1) is 0 Å². The van der Waals surface area contributed by atoms with E-state index in [0.717, 1.165) is 12.2 Å². The van der Waals surface area contributed by atoms with Crippen molar-refractivity contribution in [2.75, 3.05) is 23.9 Å². The lowest BCUT2D eigenvalue weighted by Crippen LogP contribution is -2.19. The maximum atomic E-state index is 11.1. The minimum Gasteiger partial charge on any atom is -0.464 e. The van der Waals surface area contributed by atoms with Crippen molar-refractivity contribution in [1.29, 1.82) is 0 Å². The minimum absolute atomic E-state index is 0.230. The Morgan fingerprint density at radius 1 is 1.56 bits per heavy atom. The second-order valence-electron chi connectivity index (χ2n) is 3.50. The minimum atomic E-state index is -0.463. The Kier molecular flexibility index (Phi) is 3.61. The number of rotatable bonds is 3. The molecule has 5 nitrogen and oxygen atoms in total. The molecule has 1 saturated heterocycles. The largest absolute Gasteiger partial charge is 0.464 e. The van der Waals surface area contributed by atoms with Crippen LogP contribution in [0.15, 0.2) is 12.1 Å². The molecule has 2 rings (SSSR count). The lowest BCUT2D eigenvalue weighted by molar-refractivity contribution is 0.0593. The van der Waals surface area contributed by atoms with Crippen molar-refractivity contribution in [2.24, 2.45) is 0 Å². The molecular formula is C10H13N3O2S. The first-order valence-electron chi connectivity index (χ1n) is 5.06. The van der Waals surface area contributed by atoms with E-state index in [9.17, 15) is 4.79 Å². The Labute approximate surface area is 98.0 Å². The summed E-state index contributed by atoms with van der Waals surface area (Å²) in [6.45, 7) is 0. The van der Waals surface area contributed by atoms with Gasteiger partial charge in [-0.1, -0.05) is 0 Å². The average Bonchev–Trinajstić information content (AvgIpc) is 2.82. The predicted molar refractivity (Wildman–Crippen MR) is 62.7 cm³/mol. The van der Waals surface area contributed by atoms with E-state index in [4.69, 9.17) is 0 Å². The smallest absolute Gasteiger partial charge is 0.358 e. The molecule has 1 aliphatic rings. The highest BCUT2D eigenvalue weighted by Crippen LogP contribution is 2.20. The molecule has 16 heavy (non-hydrogen) atoms. The first-order chi connectivity index (χ1) is 7.79. The van der Waals surface area contributed by atoms with E-state index in [1.807, 2.05) is 11.8 Å². The Hall–Kier alpha value is -1.30. The van der Waals surface area contributed by atoms with E-state index < -0.39 is 5.97 Å². The third kappa shape index (κ3) is 2.63. The summed E-state index contributed by atoms with van der Waals surface area (Å²) >= 11 is 1.93. The highest BCUT2D eigenvalue weighted by molar-refractivity contribution is 7.99. The first kappa shape index (κ1) is 11.2. The van der Waals surface area contributed by atoms with Gasteiger partial charge in [-0.05, 0) is 24.3 Å². The lowest BCUT2D eigenvalue weighted by Gasteiger charge is -2.10. The van der Waals surface area contributed by atoms with Gasteiger partial charge < -0.3 is 10.1 Å². The summed E-state index contributed by atoms with van der Waals surface area (Å²) in [4.78, 5) is 11.1. The standard InChI is InChI=1S/C10H13N3O2S/c1-15-10(14)8-2-3-9(13-12-8)11-7-4-5-16-6-7/h2-3,7H,4-6H2,1H3,(H,11,13). The van der Waals surface area contributed by atoms with E-state index in [2.05, 4.69) is 20.3 Å². The van der Waals surface area contributed by atoms with Crippen molar-refractivity contribution in [3.05, 3.63) is 17.8 Å². The van der Waals surface area contributed by atoms with E-state index in [-0.39, 0.29) is 5.69 Å². The molecule has 0 spiro atoms. The van der Waals surface area contributed by atoms with Crippen LogP contribution >= 0.6 is 11.8 Å². The summed E-state index contributed by atoms with van der Waals surface area (Å²) in [6, 6.07) is 3.83. The van der Waals surface area contributed by atoms with Gasteiger partial charge in [0.1, 0.15) is 5.82 Å². The van der Waals surface area contributed by atoms with Gasteiger partial charge in [-0.25, -0.2) is 4.79 Å². The number of hydrogen-bond donors (Lipinski definition) is 1. The van der Waals surface area contributed by atoms with Crippen LogP contribution in [0.4, 0.5) is 5.82 Å². The van der Waals surface area contributed by atoms with Gasteiger partial charge >= 0.3 is 5.97 Å². The van der Waals surface area contributed by atoms with Gasteiger partial charge in [0, 0.05) is 11.8 Å².